The van der Waals surface area contributed by atoms with Crippen LogP contribution in [0.1, 0.15) is 37.1 Å². The van der Waals surface area contributed by atoms with Crippen LogP contribution < -0.4 is 5.32 Å². The van der Waals surface area contributed by atoms with Crippen LogP contribution in [0.3, 0.4) is 0 Å². The molecule has 1 N–H and O–H groups in total. The summed E-state index contributed by atoms with van der Waals surface area (Å²) in [4.78, 5) is 14.9. The number of hydrogen-bond donors (Lipinski definition) is 1. The van der Waals surface area contributed by atoms with E-state index in [9.17, 15) is 4.79 Å². The zero-order valence-corrected chi connectivity index (χ0v) is 10.6. The first-order valence-corrected chi connectivity index (χ1v) is 6.63. The minimum absolute atomic E-state index is 0.0469. The highest BCUT2D eigenvalue weighted by molar-refractivity contribution is 7.10. The van der Waals surface area contributed by atoms with Gasteiger partial charge in [0.2, 0.25) is 0 Å². The Morgan fingerprint density at radius 2 is 2.38 bits per heavy atom. The van der Waals surface area contributed by atoms with E-state index in [0.29, 0.717) is 6.04 Å². The van der Waals surface area contributed by atoms with E-state index >= 15 is 0 Å². The van der Waals surface area contributed by atoms with Gasteiger partial charge in [0, 0.05) is 18.0 Å². The largest absolute Gasteiger partial charge is 0.335 e. The molecule has 88 valence electrons. The lowest BCUT2D eigenvalue weighted by molar-refractivity contribution is 0.184. The van der Waals surface area contributed by atoms with E-state index < -0.39 is 0 Å². The van der Waals surface area contributed by atoms with Gasteiger partial charge in [-0.1, -0.05) is 6.07 Å². The maximum Gasteiger partial charge on any atom is 0.317 e. The molecule has 2 amide bonds. The molecule has 1 heterocycles. The molecule has 1 unspecified atom stereocenters. The van der Waals surface area contributed by atoms with Crippen LogP contribution in [0.2, 0.25) is 0 Å². The van der Waals surface area contributed by atoms with Gasteiger partial charge >= 0.3 is 6.03 Å². The molecule has 4 heteroatoms. The summed E-state index contributed by atoms with van der Waals surface area (Å²) in [5.41, 5.74) is 0. The molecule has 2 rings (SSSR count). The Labute approximate surface area is 100 Å². The van der Waals surface area contributed by atoms with Crippen LogP contribution in [0.5, 0.6) is 0 Å². The smallest absolute Gasteiger partial charge is 0.317 e. The highest BCUT2D eigenvalue weighted by atomic mass is 32.1. The molecule has 0 radical (unpaired) electrons. The molecule has 1 atom stereocenters. The maximum absolute atomic E-state index is 11.9. The number of thiophene rings is 1. The van der Waals surface area contributed by atoms with E-state index in [4.69, 9.17) is 0 Å². The molecule has 3 nitrogen and oxygen atoms in total. The zero-order valence-electron chi connectivity index (χ0n) is 9.77. The molecule has 0 aromatic carbocycles. The molecule has 1 aromatic heterocycles. The number of nitrogens with one attached hydrogen (secondary N) is 1. The van der Waals surface area contributed by atoms with Crippen molar-refractivity contribution < 1.29 is 4.79 Å². The third-order valence-electron chi connectivity index (χ3n) is 3.29. The molecular formula is C12H18N2OS. The Hall–Kier alpha value is -1.03. The Morgan fingerprint density at radius 1 is 1.62 bits per heavy atom. The van der Waals surface area contributed by atoms with Gasteiger partial charge in [-0.15, -0.1) is 11.3 Å². The number of urea groups is 1. The molecule has 0 bridgehead atoms. The van der Waals surface area contributed by atoms with E-state index in [1.54, 1.807) is 16.2 Å². The lowest BCUT2D eigenvalue weighted by atomic mass is 9.93. The number of carbonyl (C=O) groups excluding carboxylic acids is 1. The van der Waals surface area contributed by atoms with Crippen molar-refractivity contribution >= 4 is 17.4 Å². The molecule has 16 heavy (non-hydrogen) atoms. The fraction of sp³-hybridized carbons (Fsp3) is 0.583. The van der Waals surface area contributed by atoms with Crippen molar-refractivity contribution in [3.05, 3.63) is 22.4 Å². The van der Waals surface area contributed by atoms with E-state index in [1.807, 2.05) is 18.5 Å². The van der Waals surface area contributed by atoms with Crippen molar-refractivity contribution in [1.82, 2.24) is 10.2 Å². The van der Waals surface area contributed by atoms with Gasteiger partial charge in [-0.2, -0.15) is 0 Å². The zero-order chi connectivity index (χ0) is 11.5. The first-order valence-electron chi connectivity index (χ1n) is 5.75. The molecule has 0 spiro atoms. The molecule has 1 fully saturated rings. The first-order chi connectivity index (χ1) is 7.68. The maximum atomic E-state index is 11.9. The van der Waals surface area contributed by atoms with Crippen molar-refractivity contribution in [2.45, 2.75) is 38.3 Å². The summed E-state index contributed by atoms with van der Waals surface area (Å²) in [6.07, 6.45) is 3.51. The topological polar surface area (TPSA) is 32.3 Å². The molecule has 1 saturated carbocycles. The average Bonchev–Trinajstić information content (AvgIpc) is 2.74. The van der Waals surface area contributed by atoms with Crippen LogP contribution in [-0.2, 0) is 0 Å². The summed E-state index contributed by atoms with van der Waals surface area (Å²) in [7, 11) is 1.86. The van der Waals surface area contributed by atoms with Gasteiger partial charge in [-0.05, 0) is 37.6 Å². The second-order valence-electron chi connectivity index (χ2n) is 4.38. The normalized spacial score (nSPS) is 17.6. The predicted molar refractivity (Wildman–Crippen MR) is 66.7 cm³/mol. The fourth-order valence-electron chi connectivity index (χ4n) is 1.72. The Kier molecular flexibility index (Phi) is 3.49. The number of rotatable bonds is 3. The highest BCUT2D eigenvalue weighted by Crippen LogP contribution is 2.24. The monoisotopic (exact) mass is 238 g/mol. The number of hydrogen-bond acceptors (Lipinski definition) is 2. The Balaban J connectivity index is 1.90. The summed E-state index contributed by atoms with van der Waals surface area (Å²) in [5, 5.41) is 5.10. The molecule has 1 aliphatic rings. The molecule has 0 saturated heterocycles. The third kappa shape index (κ3) is 2.38. The van der Waals surface area contributed by atoms with Crippen LogP contribution in [0.15, 0.2) is 17.5 Å². The summed E-state index contributed by atoms with van der Waals surface area (Å²) >= 11 is 1.69. The molecule has 1 aliphatic carbocycles. The Bertz CT molecular complexity index is 346. The van der Waals surface area contributed by atoms with E-state index in [0.717, 1.165) is 12.8 Å². The van der Waals surface area contributed by atoms with Crippen molar-refractivity contribution in [2.75, 3.05) is 7.05 Å². The van der Waals surface area contributed by atoms with Gasteiger partial charge in [0.1, 0.15) is 0 Å². The first kappa shape index (κ1) is 11.5. The summed E-state index contributed by atoms with van der Waals surface area (Å²) in [5.74, 6) is 0. The van der Waals surface area contributed by atoms with Crippen LogP contribution in [0.25, 0.3) is 0 Å². The van der Waals surface area contributed by atoms with Gasteiger partial charge in [-0.25, -0.2) is 4.79 Å². The van der Waals surface area contributed by atoms with E-state index in [-0.39, 0.29) is 12.1 Å². The Morgan fingerprint density at radius 3 is 2.88 bits per heavy atom. The second kappa shape index (κ2) is 4.87. The molecule has 1 aromatic rings. The van der Waals surface area contributed by atoms with Crippen molar-refractivity contribution in [3.63, 3.8) is 0 Å². The minimum Gasteiger partial charge on any atom is -0.335 e. The van der Waals surface area contributed by atoms with Gasteiger partial charge in [-0.3, -0.25) is 0 Å². The quantitative estimate of drug-likeness (QED) is 0.862. The predicted octanol–water partition coefficient (Wildman–Crippen LogP) is 3.00. The van der Waals surface area contributed by atoms with Gasteiger partial charge in [0.15, 0.2) is 0 Å². The average molecular weight is 238 g/mol. The van der Waals surface area contributed by atoms with Crippen LogP contribution in [0.4, 0.5) is 4.79 Å². The number of nitrogens with zero attached hydrogens (tertiary/aromatic N) is 1. The lowest BCUT2D eigenvalue weighted by Gasteiger charge is -2.31. The molecular weight excluding hydrogens is 220 g/mol. The lowest BCUT2D eigenvalue weighted by Crippen LogP contribution is -2.46. The summed E-state index contributed by atoms with van der Waals surface area (Å²) in [6, 6.07) is 4.70. The third-order valence-corrected chi connectivity index (χ3v) is 4.33. The van der Waals surface area contributed by atoms with Gasteiger partial charge < -0.3 is 10.2 Å². The molecule has 0 aliphatic heterocycles. The highest BCUT2D eigenvalue weighted by Gasteiger charge is 2.23. The summed E-state index contributed by atoms with van der Waals surface area (Å²) < 4.78 is 0. The van der Waals surface area contributed by atoms with E-state index in [2.05, 4.69) is 18.3 Å². The fourth-order valence-corrected chi connectivity index (χ4v) is 2.55. The number of carbonyl (C=O) groups is 1. The van der Waals surface area contributed by atoms with Crippen LogP contribution in [0, 0.1) is 0 Å². The SMILES string of the molecule is CC(c1cccs1)N(C)C(=O)NC1CCC1. The van der Waals surface area contributed by atoms with Gasteiger partial charge in [0.25, 0.3) is 0 Å². The second-order valence-corrected chi connectivity index (χ2v) is 5.36. The van der Waals surface area contributed by atoms with Gasteiger partial charge in [0.05, 0.1) is 6.04 Å². The summed E-state index contributed by atoms with van der Waals surface area (Å²) in [6.45, 7) is 2.06. The van der Waals surface area contributed by atoms with Crippen molar-refractivity contribution in [1.29, 1.82) is 0 Å². The standard InChI is InChI=1S/C12H18N2OS/c1-9(11-7-4-8-16-11)14(2)12(15)13-10-5-3-6-10/h4,7-10H,3,5-6H2,1-2H3,(H,13,15). The minimum atomic E-state index is 0.0469. The van der Waals surface area contributed by atoms with Crippen molar-refractivity contribution in [3.8, 4) is 0 Å². The van der Waals surface area contributed by atoms with Crippen LogP contribution in [-0.4, -0.2) is 24.0 Å². The number of amides is 2. The van der Waals surface area contributed by atoms with Crippen LogP contribution >= 0.6 is 11.3 Å². The van der Waals surface area contributed by atoms with E-state index in [1.165, 1.54) is 11.3 Å². The van der Waals surface area contributed by atoms with Crippen molar-refractivity contribution in [2.24, 2.45) is 0 Å².